The zero-order valence-corrected chi connectivity index (χ0v) is 20.6. The van der Waals surface area contributed by atoms with Crippen molar-refractivity contribution in [3.8, 4) is 5.75 Å². The van der Waals surface area contributed by atoms with Gasteiger partial charge >= 0.3 is 0 Å². The van der Waals surface area contributed by atoms with Crippen molar-refractivity contribution < 1.29 is 4.74 Å². The Kier molecular flexibility index (Phi) is 7.33. The molecule has 0 bridgehead atoms. The van der Waals surface area contributed by atoms with Crippen LogP contribution in [0.4, 0.5) is 11.8 Å². The van der Waals surface area contributed by atoms with Gasteiger partial charge in [-0.1, -0.05) is 18.2 Å². The summed E-state index contributed by atoms with van der Waals surface area (Å²) in [5, 5.41) is 8.39. The Balaban J connectivity index is 1.29. The Morgan fingerprint density at radius 2 is 1.76 bits per heavy atom. The predicted octanol–water partition coefficient (Wildman–Crippen LogP) is 5.08. The number of rotatable bonds is 8. The van der Waals surface area contributed by atoms with Gasteiger partial charge in [-0.25, -0.2) is 4.98 Å². The Hall–Kier alpha value is -2.86. The van der Waals surface area contributed by atoms with Gasteiger partial charge in [0, 0.05) is 32.1 Å². The highest BCUT2D eigenvalue weighted by atomic mass is 16.5. The highest BCUT2D eigenvalue weighted by Crippen LogP contribution is 2.28. The number of nitrogens with one attached hydrogen (secondary N) is 2. The molecule has 6 nitrogen and oxygen atoms in total. The number of nitrogens with zero attached hydrogens (tertiary/aromatic N) is 3. The Morgan fingerprint density at radius 1 is 1.00 bits per heavy atom. The molecule has 1 aliphatic rings. The molecule has 2 aromatic carbocycles. The molecule has 0 amide bonds. The zero-order valence-electron chi connectivity index (χ0n) is 20.6. The highest BCUT2D eigenvalue weighted by molar-refractivity contribution is 5.90. The standard InChI is InChI=1S/C27H37N5O/c1-18-15-25(33-5)19(2)14-21(18)17-28-16-20-10-12-22(13-11-20)29-27-30-24-9-7-6-8-23(24)26(31-27)32(3)4/h6-9,14-15,20,22,28H,10-13,16-17H2,1-5H3,(H,29,30,31)/t20-,22+. The predicted molar refractivity (Wildman–Crippen MR) is 137 cm³/mol. The summed E-state index contributed by atoms with van der Waals surface area (Å²) in [5.41, 5.74) is 4.82. The van der Waals surface area contributed by atoms with Crippen LogP contribution in [0.3, 0.4) is 0 Å². The van der Waals surface area contributed by atoms with Gasteiger partial charge in [-0.15, -0.1) is 0 Å². The summed E-state index contributed by atoms with van der Waals surface area (Å²) in [7, 11) is 5.80. The molecule has 0 spiro atoms. The second-order valence-corrected chi connectivity index (χ2v) is 9.52. The Morgan fingerprint density at radius 3 is 2.48 bits per heavy atom. The van der Waals surface area contributed by atoms with Gasteiger partial charge in [0.25, 0.3) is 0 Å². The number of anilines is 2. The van der Waals surface area contributed by atoms with Crippen molar-refractivity contribution in [2.45, 2.75) is 52.1 Å². The molecule has 33 heavy (non-hydrogen) atoms. The maximum Gasteiger partial charge on any atom is 0.225 e. The first-order chi connectivity index (χ1) is 15.9. The van der Waals surface area contributed by atoms with Gasteiger partial charge in [-0.05, 0) is 86.9 Å². The molecule has 2 N–H and O–H groups in total. The summed E-state index contributed by atoms with van der Waals surface area (Å²) in [6.45, 7) is 6.24. The van der Waals surface area contributed by atoms with E-state index in [2.05, 4.69) is 53.6 Å². The first kappa shape index (κ1) is 23.3. The highest BCUT2D eigenvalue weighted by Gasteiger charge is 2.22. The molecular weight excluding hydrogens is 410 g/mol. The lowest BCUT2D eigenvalue weighted by molar-refractivity contribution is 0.323. The van der Waals surface area contributed by atoms with Gasteiger partial charge in [0.1, 0.15) is 11.6 Å². The van der Waals surface area contributed by atoms with Gasteiger partial charge in [0.2, 0.25) is 5.95 Å². The summed E-state index contributed by atoms with van der Waals surface area (Å²) >= 11 is 0. The van der Waals surface area contributed by atoms with Crippen molar-refractivity contribution in [1.82, 2.24) is 15.3 Å². The van der Waals surface area contributed by atoms with Crippen LogP contribution in [0.1, 0.15) is 42.4 Å². The molecule has 0 atom stereocenters. The monoisotopic (exact) mass is 447 g/mol. The fourth-order valence-electron chi connectivity index (χ4n) is 4.83. The van der Waals surface area contributed by atoms with E-state index in [9.17, 15) is 0 Å². The Bertz CT molecular complexity index is 1090. The second kappa shape index (κ2) is 10.4. The molecule has 1 saturated carbocycles. The lowest BCUT2D eigenvalue weighted by atomic mass is 9.86. The van der Waals surface area contributed by atoms with Crippen LogP contribution in [0, 0.1) is 19.8 Å². The number of hydrogen-bond donors (Lipinski definition) is 2. The minimum Gasteiger partial charge on any atom is -0.496 e. The van der Waals surface area contributed by atoms with Crippen molar-refractivity contribution in [3.63, 3.8) is 0 Å². The van der Waals surface area contributed by atoms with Crippen LogP contribution in [0.15, 0.2) is 36.4 Å². The molecule has 6 heteroatoms. The van der Waals surface area contributed by atoms with E-state index in [0.29, 0.717) is 6.04 Å². The topological polar surface area (TPSA) is 62.3 Å². The average Bonchev–Trinajstić information content (AvgIpc) is 2.81. The molecule has 1 fully saturated rings. The fourth-order valence-corrected chi connectivity index (χ4v) is 4.83. The van der Waals surface area contributed by atoms with Crippen LogP contribution >= 0.6 is 0 Å². The maximum atomic E-state index is 5.43. The second-order valence-electron chi connectivity index (χ2n) is 9.52. The normalized spacial score (nSPS) is 18.3. The number of aryl methyl sites for hydroxylation is 2. The molecule has 1 aliphatic carbocycles. The molecular formula is C27H37N5O. The molecule has 0 radical (unpaired) electrons. The lowest BCUT2D eigenvalue weighted by Crippen LogP contribution is -2.31. The van der Waals surface area contributed by atoms with E-state index in [1.165, 1.54) is 29.5 Å². The zero-order chi connectivity index (χ0) is 23.4. The average molecular weight is 448 g/mol. The third-order valence-electron chi connectivity index (χ3n) is 6.79. The van der Waals surface area contributed by atoms with Crippen LogP contribution in [-0.2, 0) is 6.54 Å². The smallest absolute Gasteiger partial charge is 0.225 e. The SMILES string of the molecule is COc1cc(C)c(CNC[C@H]2CC[C@@H](Nc3nc(N(C)C)c4ccccc4n3)CC2)cc1C. The number of hydrogen-bond acceptors (Lipinski definition) is 6. The van der Waals surface area contributed by atoms with E-state index in [1.54, 1.807) is 7.11 Å². The molecule has 176 valence electrons. The third kappa shape index (κ3) is 5.56. The number of aromatic nitrogens is 2. The van der Waals surface area contributed by atoms with Crippen LogP contribution in [0.2, 0.25) is 0 Å². The first-order valence-electron chi connectivity index (χ1n) is 12.0. The van der Waals surface area contributed by atoms with Crippen molar-refractivity contribution in [2.24, 2.45) is 5.92 Å². The minimum atomic E-state index is 0.434. The number of methoxy groups -OCH3 is 1. The summed E-state index contributed by atoms with van der Waals surface area (Å²) < 4.78 is 5.43. The third-order valence-corrected chi connectivity index (χ3v) is 6.79. The largest absolute Gasteiger partial charge is 0.496 e. The molecule has 3 aromatic rings. The van der Waals surface area contributed by atoms with E-state index in [0.717, 1.165) is 60.3 Å². The quantitative estimate of drug-likeness (QED) is 0.502. The van der Waals surface area contributed by atoms with Gasteiger partial charge in [0.15, 0.2) is 0 Å². The molecule has 4 rings (SSSR count). The minimum absolute atomic E-state index is 0.434. The summed E-state index contributed by atoms with van der Waals surface area (Å²) in [6, 6.07) is 13.0. The molecule has 0 aliphatic heterocycles. The van der Waals surface area contributed by atoms with Crippen LogP contribution in [-0.4, -0.2) is 43.8 Å². The van der Waals surface area contributed by atoms with E-state index < -0.39 is 0 Å². The van der Waals surface area contributed by atoms with E-state index in [-0.39, 0.29) is 0 Å². The molecule has 1 aromatic heterocycles. The summed E-state index contributed by atoms with van der Waals surface area (Å²) in [4.78, 5) is 11.6. The van der Waals surface area contributed by atoms with Crippen LogP contribution < -0.4 is 20.3 Å². The molecule has 0 unspecified atom stereocenters. The molecule has 0 saturated heterocycles. The van der Waals surface area contributed by atoms with Crippen molar-refractivity contribution in [2.75, 3.05) is 38.0 Å². The van der Waals surface area contributed by atoms with Crippen molar-refractivity contribution >= 4 is 22.7 Å². The Labute approximate surface area is 197 Å². The van der Waals surface area contributed by atoms with Crippen LogP contribution in [0.5, 0.6) is 5.75 Å². The molecule has 1 heterocycles. The number of benzene rings is 2. The lowest BCUT2D eigenvalue weighted by Gasteiger charge is -2.29. The van der Waals surface area contributed by atoms with Gasteiger partial charge < -0.3 is 20.3 Å². The van der Waals surface area contributed by atoms with Crippen molar-refractivity contribution in [1.29, 1.82) is 0 Å². The number of para-hydroxylation sites is 1. The fraction of sp³-hybridized carbons (Fsp3) is 0.481. The summed E-state index contributed by atoms with van der Waals surface area (Å²) in [6.07, 6.45) is 4.75. The van der Waals surface area contributed by atoms with Crippen LogP contribution in [0.25, 0.3) is 10.9 Å². The summed E-state index contributed by atoms with van der Waals surface area (Å²) in [5.74, 6) is 3.39. The van der Waals surface area contributed by atoms with Gasteiger partial charge in [-0.3, -0.25) is 0 Å². The van der Waals surface area contributed by atoms with Crippen molar-refractivity contribution in [3.05, 3.63) is 53.1 Å². The van der Waals surface area contributed by atoms with Gasteiger partial charge in [-0.2, -0.15) is 4.98 Å². The maximum absolute atomic E-state index is 5.43. The number of ether oxygens (including phenoxy) is 1. The van der Waals surface area contributed by atoms with E-state index >= 15 is 0 Å². The van der Waals surface area contributed by atoms with E-state index in [1.807, 2.05) is 26.2 Å². The van der Waals surface area contributed by atoms with Gasteiger partial charge in [0.05, 0.1) is 12.6 Å². The first-order valence-corrected chi connectivity index (χ1v) is 12.0. The van der Waals surface area contributed by atoms with E-state index in [4.69, 9.17) is 14.7 Å². The number of fused-ring (bicyclic) bond motifs is 1.